The lowest BCUT2D eigenvalue weighted by Gasteiger charge is -2.21. The Labute approximate surface area is 178 Å². The summed E-state index contributed by atoms with van der Waals surface area (Å²) >= 11 is 0. The monoisotopic (exact) mass is 450 g/mol. The largest absolute Gasteiger partial charge is 0.477 e. The highest BCUT2D eigenvalue weighted by atomic mass is 19.3. The topological polar surface area (TPSA) is 82.8 Å². The van der Waals surface area contributed by atoms with Gasteiger partial charge in [-0.25, -0.2) is 18.4 Å². The number of pyridine rings is 1. The van der Waals surface area contributed by atoms with E-state index in [4.69, 9.17) is 4.74 Å². The summed E-state index contributed by atoms with van der Waals surface area (Å²) < 4.78 is 67.3. The molecule has 0 fully saturated rings. The van der Waals surface area contributed by atoms with E-state index in [1.54, 1.807) is 19.2 Å². The molecule has 0 spiro atoms. The first-order valence-corrected chi connectivity index (χ1v) is 9.81. The maximum absolute atomic E-state index is 14.0. The zero-order chi connectivity index (χ0) is 22.6. The number of H-pyrrole nitrogens is 1. The molecule has 0 radical (unpaired) electrons. The number of nitrogens with one attached hydrogen (secondary N) is 1. The fourth-order valence-electron chi connectivity index (χ4n) is 3.99. The normalized spacial score (nSPS) is 16.1. The van der Waals surface area contributed by atoms with E-state index in [2.05, 4.69) is 24.9 Å². The lowest BCUT2D eigenvalue weighted by atomic mass is 10.0. The summed E-state index contributed by atoms with van der Waals surface area (Å²) in [6.45, 7) is -0.438. The van der Waals surface area contributed by atoms with Crippen LogP contribution in [0.1, 0.15) is 19.0 Å². The molecule has 0 aliphatic carbocycles. The molecule has 32 heavy (non-hydrogen) atoms. The maximum Gasteiger partial charge on any atom is 0.388 e. The molecule has 12 heteroatoms. The molecule has 1 atom stereocenters. The number of rotatable bonds is 5. The van der Waals surface area contributed by atoms with E-state index in [1.807, 2.05) is 6.92 Å². The quantitative estimate of drug-likeness (QED) is 0.456. The van der Waals surface area contributed by atoms with Crippen molar-refractivity contribution >= 4 is 11.0 Å². The molecular formula is C20H18F4N6O2. The highest BCUT2D eigenvalue weighted by Crippen LogP contribution is 2.47. The van der Waals surface area contributed by atoms with Crippen LogP contribution in [0.2, 0.25) is 0 Å². The molecule has 1 N–H and O–H groups in total. The number of aromatic amines is 1. The van der Waals surface area contributed by atoms with Crippen LogP contribution in [0.25, 0.3) is 33.4 Å². The van der Waals surface area contributed by atoms with Gasteiger partial charge in [-0.3, -0.25) is 4.68 Å². The van der Waals surface area contributed by atoms with Gasteiger partial charge < -0.3 is 14.5 Å². The van der Waals surface area contributed by atoms with Gasteiger partial charge in [0.25, 0.3) is 6.43 Å². The molecule has 1 aliphatic rings. The summed E-state index contributed by atoms with van der Waals surface area (Å²) in [6, 6.07) is 3.37. The fourth-order valence-corrected chi connectivity index (χ4v) is 3.99. The van der Waals surface area contributed by atoms with Crippen molar-refractivity contribution in [3.05, 3.63) is 30.2 Å². The highest BCUT2D eigenvalue weighted by molar-refractivity contribution is 6.04. The van der Waals surface area contributed by atoms with Gasteiger partial charge in [0.2, 0.25) is 11.8 Å². The Morgan fingerprint density at radius 1 is 1.22 bits per heavy atom. The van der Waals surface area contributed by atoms with Crippen molar-refractivity contribution in [3.8, 4) is 34.1 Å². The number of fused-ring (bicyclic) bond motifs is 2. The van der Waals surface area contributed by atoms with E-state index >= 15 is 0 Å². The minimum absolute atomic E-state index is 0.0618. The number of aryl methyl sites for hydroxylation is 1. The first-order valence-electron chi connectivity index (χ1n) is 9.81. The van der Waals surface area contributed by atoms with Crippen LogP contribution >= 0.6 is 0 Å². The van der Waals surface area contributed by atoms with Crippen molar-refractivity contribution < 1.29 is 27.0 Å². The van der Waals surface area contributed by atoms with Gasteiger partial charge in [0.05, 0.1) is 30.0 Å². The fraction of sp³-hybridized carbons (Fsp3) is 0.350. The number of hydrogen-bond donors (Lipinski definition) is 1. The second kappa shape index (κ2) is 7.53. The van der Waals surface area contributed by atoms with Crippen molar-refractivity contribution in [1.82, 2.24) is 29.5 Å². The molecule has 1 unspecified atom stereocenters. The third-order valence-corrected chi connectivity index (χ3v) is 5.21. The van der Waals surface area contributed by atoms with E-state index in [1.165, 1.54) is 21.8 Å². The van der Waals surface area contributed by atoms with Gasteiger partial charge in [-0.1, -0.05) is 6.92 Å². The van der Waals surface area contributed by atoms with Gasteiger partial charge in [-0.05, 0) is 12.1 Å². The van der Waals surface area contributed by atoms with Crippen LogP contribution in [0.5, 0.6) is 11.8 Å². The average molecular weight is 450 g/mol. The molecule has 5 rings (SSSR count). The Morgan fingerprint density at radius 3 is 2.78 bits per heavy atom. The van der Waals surface area contributed by atoms with Crippen LogP contribution in [-0.2, 0) is 13.6 Å². The van der Waals surface area contributed by atoms with Crippen LogP contribution in [0.4, 0.5) is 17.6 Å². The standard InChI is InChI=1S/C20H18F4N6O2/c1-9-6-30-19(31-8-9)13(15(27-30)16(21)22)14-12(10-4-3-5-25-17(10)26-14)11-7-29(2)28-18(11)32-20(23)24/h3-5,7,9,16,20H,6,8H2,1-2H3,(H,25,26). The number of nitrogens with zero attached hydrogens (tertiary/aromatic N) is 5. The third kappa shape index (κ3) is 3.26. The molecule has 0 amide bonds. The molecule has 8 nitrogen and oxygen atoms in total. The van der Waals surface area contributed by atoms with E-state index in [-0.39, 0.29) is 34.5 Å². The predicted octanol–water partition coefficient (Wildman–Crippen LogP) is 4.39. The van der Waals surface area contributed by atoms with Crippen molar-refractivity contribution in [3.63, 3.8) is 0 Å². The van der Waals surface area contributed by atoms with Crippen molar-refractivity contribution in [2.75, 3.05) is 6.61 Å². The first kappa shape index (κ1) is 20.3. The summed E-state index contributed by atoms with van der Waals surface area (Å²) in [6.07, 6.45) is 0.129. The summed E-state index contributed by atoms with van der Waals surface area (Å²) in [5, 5.41) is 8.58. The number of hydrogen-bond acceptors (Lipinski definition) is 5. The number of ether oxygens (including phenoxy) is 2. The minimum atomic E-state index is -3.11. The van der Waals surface area contributed by atoms with Gasteiger partial charge in [0.1, 0.15) is 11.3 Å². The van der Waals surface area contributed by atoms with Gasteiger partial charge >= 0.3 is 6.61 Å². The number of halogens is 4. The Bertz CT molecular complexity index is 1290. The molecule has 0 aromatic carbocycles. The molecule has 4 aromatic rings. The summed E-state index contributed by atoms with van der Waals surface area (Å²) in [5.74, 6) is -0.0527. The van der Waals surface area contributed by atoms with Crippen LogP contribution in [0.3, 0.4) is 0 Å². The first-order chi connectivity index (χ1) is 15.3. The summed E-state index contributed by atoms with van der Waals surface area (Å²) in [7, 11) is 1.55. The Morgan fingerprint density at radius 2 is 2.03 bits per heavy atom. The van der Waals surface area contributed by atoms with Gasteiger partial charge in [-0.15, -0.1) is 5.10 Å². The van der Waals surface area contributed by atoms with E-state index in [9.17, 15) is 17.6 Å². The zero-order valence-corrected chi connectivity index (χ0v) is 17.0. The van der Waals surface area contributed by atoms with Crippen molar-refractivity contribution in [2.24, 2.45) is 13.0 Å². The third-order valence-electron chi connectivity index (χ3n) is 5.21. The average Bonchev–Trinajstić information content (AvgIpc) is 3.39. The van der Waals surface area contributed by atoms with Crippen molar-refractivity contribution in [2.45, 2.75) is 26.5 Å². The Balaban J connectivity index is 1.82. The Kier molecular flexibility index (Phi) is 4.79. The SMILES string of the molecule is CC1COc2c(-c3[nH]c4ncccc4c3-c3cn(C)nc3OC(F)F)c(C(F)F)nn2C1. The van der Waals surface area contributed by atoms with Crippen LogP contribution in [-0.4, -0.2) is 42.7 Å². The van der Waals surface area contributed by atoms with Gasteiger partial charge in [-0.2, -0.15) is 13.9 Å². The number of alkyl halides is 4. The maximum atomic E-state index is 14.0. The van der Waals surface area contributed by atoms with Gasteiger partial charge in [0, 0.05) is 36.3 Å². The molecular weight excluding hydrogens is 432 g/mol. The minimum Gasteiger partial charge on any atom is -0.477 e. The zero-order valence-electron chi connectivity index (χ0n) is 17.0. The number of aromatic nitrogens is 6. The van der Waals surface area contributed by atoms with Crippen LogP contribution in [0, 0.1) is 5.92 Å². The van der Waals surface area contributed by atoms with Crippen molar-refractivity contribution in [1.29, 1.82) is 0 Å². The lowest BCUT2D eigenvalue weighted by Crippen LogP contribution is -2.23. The lowest BCUT2D eigenvalue weighted by molar-refractivity contribution is -0.0527. The molecule has 168 valence electrons. The predicted molar refractivity (Wildman–Crippen MR) is 106 cm³/mol. The molecule has 1 aliphatic heterocycles. The Hall–Kier alpha value is -3.57. The molecule has 0 saturated heterocycles. The second-order valence-corrected chi connectivity index (χ2v) is 7.64. The summed E-state index contributed by atoms with van der Waals surface area (Å²) in [4.78, 5) is 7.32. The molecule has 0 bridgehead atoms. The summed E-state index contributed by atoms with van der Waals surface area (Å²) in [5.41, 5.74) is 0.739. The molecule has 0 saturated carbocycles. The highest BCUT2D eigenvalue weighted by Gasteiger charge is 2.34. The van der Waals surface area contributed by atoms with E-state index in [0.29, 0.717) is 29.7 Å². The van der Waals surface area contributed by atoms with Crippen LogP contribution < -0.4 is 9.47 Å². The molecule has 4 aromatic heterocycles. The van der Waals surface area contributed by atoms with E-state index in [0.717, 1.165) is 0 Å². The smallest absolute Gasteiger partial charge is 0.388 e. The second-order valence-electron chi connectivity index (χ2n) is 7.64. The van der Waals surface area contributed by atoms with Crippen LogP contribution in [0.15, 0.2) is 24.5 Å². The van der Waals surface area contributed by atoms with E-state index < -0.39 is 18.7 Å². The molecule has 5 heterocycles. The van der Waals surface area contributed by atoms with Gasteiger partial charge in [0.15, 0.2) is 0 Å².